The van der Waals surface area contributed by atoms with Crippen molar-refractivity contribution in [3.63, 3.8) is 0 Å². The van der Waals surface area contributed by atoms with Crippen LogP contribution in [0.4, 0.5) is 5.69 Å². The van der Waals surface area contributed by atoms with E-state index in [1.807, 2.05) is 36.1 Å². The lowest BCUT2D eigenvalue weighted by atomic mass is 10.0. The maximum atomic E-state index is 12.3. The van der Waals surface area contributed by atoms with E-state index in [1.54, 1.807) is 0 Å². The molecule has 1 aromatic carbocycles. The number of rotatable bonds is 5. The van der Waals surface area contributed by atoms with E-state index in [0.717, 1.165) is 25.2 Å². The van der Waals surface area contributed by atoms with E-state index < -0.39 is 0 Å². The van der Waals surface area contributed by atoms with Crippen LogP contribution in [0.5, 0.6) is 0 Å². The van der Waals surface area contributed by atoms with E-state index in [4.69, 9.17) is 11.6 Å². The molecule has 0 saturated carbocycles. The monoisotopic (exact) mass is 280 g/mol. The zero-order valence-electron chi connectivity index (χ0n) is 11.4. The van der Waals surface area contributed by atoms with Crippen LogP contribution in [0.3, 0.4) is 0 Å². The number of halogens is 1. The topological polar surface area (TPSA) is 32.3 Å². The summed E-state index contributed by atoms with van der Waals surface area (Å²) in [6, 6.07) is 7.49. The zero-order chi connectivity index (χ0) is 13.7. The summed E-state index contributed by atoms with van der Waals surface area (Å²) in [6.45, 7) is 4.82. The Hall–Kier alpha value is -1.06. The van der Waals surface area contributed by atoms with Gasteiger partial charge >= 0.3 is 0 Å². The van der Waals surface area contributed by atoms with Gasteiger partial charge in [-0.05, 0) is 57.0 Å². The second kappa shape index (κ2) is 6.92. The molecule has 0 radical (unpaired) electrons. The van der Waals surface area contributed by atoms with Crippen molar-refractivity contribution in [1.29, 1.82) is 0 Å². The highest BCUT2D eigenvalue weighted by Crippen LogP contribution is 2.22. The van der Waals surface area contributed by atoms with Crippen LogP contribution < -0.4 is 10.2 Å². The third-order valence-electron chi connectivity index (χ3n) is 3.67. The van der Waals surface area contributed by atoms with Crippen molar-refractivity contribution in [2.75, 3.05) is 24.5 Å². The Morgan fingerprint density at radius 1 is 1.53 bits per heavy atom. The molecule has 1 aromatic rings. The quantitative estimate of drug-likeness (QED) is 0.899. The van der Waals surface area contributed by atoms with E-state index in [-0.39, 0.29) is 5.91 Å². The highest BCUT2D eigenvalue weighted by molar-refractivity contribution is 6.30. The van der Waals surface area contributed by atoms with Gasteiger partial charge in [-0.1, -0.05) is 17.7 Å². The third-order valence-corrected chi connectivity index (χ3v) is 3.90. The number of carbonyl (C=O) groups excluding carboxylic acids is 1. The minimum absolute atomic E-state index is 0.191. The highest BCUT2D eigenvalue weighted by Gasteiger charge is 2.19. The van der Waals surface area contributed by atoms with Crippen LogP contribution in [0.2, 0.25) is 5.02 Å². The predicted molar refractivity (Wildman–Crippen MR) is 79.7 cm³/mol. The Bertz CT molecular complexity index is 430. The van der Waals surface area contributed by atoms with Crippen LogP contribution in [0.1, 0.15) is 26.2 Å². The van der Waals surface area contributed by atoms with Crippen molar-refractivity contribution >= 4 is 23.2 Å². The van der Waals surface area contributed by atoms with Crippen molar-refractivity contribution in [3.05, 3.63) is 29.3 Å². The SMILES string of the molecule is CCN(C(=O)CCC1CCNC1)c1cccc(Cl)c1. The average molecular weight is 281 g/mol. The predicted octanol–water partition coefficient (Wildman–Crippen LogP) is 3.08. The van der Waals surface area contributed by atoms with Gasteiger partial charge in [0.2, 0.25) is 5.91 Å². The molecular weight excluding hydrogens is 260 g/mol. The number of nitrogens with zero attached hydrogens (tertiary/aromatic N) is 1. The van der Waals surface area contributed by atoms with E-state index >= 15 is 0 Å². The molecule has 4 heteroatoms. The Balaban J connectivity index is 1.94. The lowest BCUT2D eigenvalue weighted by molar-refractivity contribution is -0.118. The Labute approximate surface area is 119 Å². The van der Waals surface area contributed by atoms with Crippen LogP contribution >= 0.6 is 11.6 Å². The number of amides is 1. The first-order valence-corrected chi connectivity index (χ1v) is 7.35. The van der Waals surface area contributed by atoms with Crippen molar-refractivity contribution in [2.45, 2.75) is 26.2 Å². The first-order valence-electron chi connectivity index (χ1n) is 6.97. The van der Waals surface area contributed by atoms with Gasteiger partial charge in [0.1, 0.15) is 0 Å². The van der Waals surface area contributed by atoms with Crippen LogP contribution in [0.15, 0.2) is 24.3 Å². The molecule has 3 nitrogen and oxygen atoms in total. The third kappa shape index (κ3) is 3.95. The van der Waals surface area contributed by atoms with Crippen LogP contribution in [0, 0.1) is 5.92 Å². The summed E-state index contributed by atoms with van der Waals surface area (Å²) in [5.41, 5.74) is 0.893. The average Bonchev–Trinajstić information content (AvgIpc) is 2.90. The van der Waals surface area contributed by atoms with Crippen LogP contribution in [0.25, 0.3) is 0 Å². The molecular formula is C15H21ClN2O. The van der Waals surface area contributed by atoms with Crippen LogP contribution in [-0.4, -0.2) is 25.5 Å². The van der Waals surface area contributed by atoms with E-state index in [2.05, 4.69) is 5.32 Å². The molecule has 1 fully saturated rings. The summed E-state index contributed by atoms with van der Waals surface area (Å²) in [5, 5.41) is 4.01. The Morgan fingerprint density at radius 2 is 2.37 bits per heavy atom. The fourth-order valence-corrected chi connectivity index (χ4v) is 2.75. The van der Waals surface area contributed by atoms with E-state index in [9.17, 15) is 4.79 Å². The minimum atomic E-state index is 0.191. The van der Waals surface area contributed by atoms with Crippen molar-refractivity contribution in [3.8, 4) is 0 Å². The van der Waals surface area contributed by atoms with Gasteiger partial charge in [0.05, 0.1) is 0 Å². The standard InChI is InChI=1S/C15H21ClN2O/c1-2-18(14-5-3-4-13(16)10-14)15(19)7-6-12-8-9-17-11-12/h3-5,10,12,17H,2,6-9,11H2,1H3. The molecule has 1 atom stereocenters. The van der Waals surface area contributed by atoms with Crippen LogP contribution in [-0.2, 0) is 4.79 Å². The minimum Gasteiger partial charge on any atom is -0.316 e. The molecule has 0 aromatic heterocycles. The number of carbonyl (C=O) groups is 1. The maximum absolute atomic E-state index is 12.3. The van der Waals surface area contributed by atoms with Gasteiger partial charge < -0.3 is 10.2 Å². The smallest absolute Gasteiger partial charge is 0.226 e. The summed E-state index contributed by atoms with van der Waals surface area (Å²) in [4.78, 5) is 14.1. The van der Waals surface area contributed by atoms with Gasteiger partial charge in [0, 0.05) is 23.7 Å². The number of anilines is 1. The first kappa shape index (κ1) is 14.4. The molecule has 1 heterocycles. The lowest BCUT2D eigenvalue weighted by Gasteiger charge is -2.22. The zero-order valence-corrected chi connectivity index (χ0v) is 12.1. The molecule has 0 aliphatic carbocycles. The second-order valence-electron chi connectivity index (χ2n) is 5.02. The van der Waals surface area contributed by atoms with E-state index in [1.165, 1.54) is 6.42 Å². The molecule has 1 saturated heterocycles. The molecule has 19 heavy (non-hydrogen) atoms. The molecule has 1 amide bonds. The van der Waals surface area contributed by atoms with Gasteiger partial charge in [-0.3, -0.25) is 4.79 Å². The van der Waals surface area contributed by atoms with Gasteiger partial charge in [-0.2, -0.15) is 0 Å². The normalized spacial score (nSPS) is 18.5. The Kier molecular flexibility index (Phi) is 5.23. The van der Waals surface area contributed by atoms with Crippen molar-refractivity contribution in [2.24, 2.45) is 5.92 Å². The van der Waals surface area contributed by atoms with Gasteiger partial charge in [-0.25, -0.2) is 0 Å². The largest absolute Gasteiger partial charge is 0.316 e. The van der Waals surface area contributed by atoms with Crippen molar-refractivity contribution in [1.82, 2.24) is 5.32 Å². The van der Waals surface area contributed by atoms with Gasteiger partial charge in [0.25, 0.3) is 0 Å². The van der Waals surface area contributed by atoms with E-state index in [0.29, 0.717) is 23.9 Å². The molecule has 0 bridgehead atoms. The highest BCUT2D eigenvalue weighted by atomic mass is 35.5. The molecule has 1 aliphatic rings. The molecule has 1 unspecified atom stereocenters. The molecule has 1 N–H and O–H groups in total. The maximum Gasteiger partial charge on any atom is 0.226 e. The Morgan fingerprint density at radius 3 is 3.00 bits per heavy atom. The lowest BCUT2D eigenvalue weighted by Crippen LogP contribution is -2.30. The molecule has 1 aliphatic heterocycles. The summed E-state index contributed by atoms with van der Waals surface area (Å²) in [6.07, 6.45) is 2.78. The fraction of sp³-hybridized carbons (Fsp3) is 0.533. The summed E-state index contributed by atoms with van der Waals surface area (Å²) in [5.74, 6) is 0.846. The second-order valence-corrected chi connectivity index (χ2v) is 5.45. The number of benzene rings is 1. The van der Waals surface area contributed by atoms with Crippen molar-refractivity contribution < 1.29 is 4.79 Å². The summed E-state index contributed by atoms with van der Waals surface area (Å²) in [7, 11) is 0. The summed E-state index contributed by atoms with van der Waals surface area (Å²) >= 11 is 5.99. The number of hydrogen-bond donors (Lipinski definition) is 1. The first-order chi connectivity index (χ1) is 9.20. The molecule has 2 rings (SSSR count). The van der Waals surface area contributed by atoms with Gasteiger partial charge in [-0.15, -0.1) is 0 Å². The molecule has 104 valence electrons. The molecule has 0 spiro atoms. The van der Waals surface area contributed by atoms with Gasteiger partial charge in [0.15, 0.2) is 0 Å². The number of hydrogen-bond acceptors (Lipinski definition) is 2. The summed E-state index contributed by atoms with van der Waals surface area (Å²) < 4.78 is 0. The fourth-order valence-electron chi connectivity index (χ4n) is 2.57. The number of nitrogens with one attached hydrogen (secondary N) is 1.